The van der Waals surface area contributed by atoms with Crippen molar-refractivity contribution in [1.29, 1.82) is 0 Å². The lowest BCUT2D eigenvalue weighted by Gasteiger charge is -2.07. The Morgan fingerprint density at radius 1 is 1.28 bits per heavy atom. The van der Waals surface area contributed by atoms with Crippen molar-refractivity contribution in [3.05, 3.63) is 12.2 Å². The minimum Gasteiger partial charge on any atom is -0.461 e. The monoisotopic (exact) mass is 301 g/mol. The maximum Gasteiger partial charge on any atom is 0.349 e. The largest absolute Gasteiger partial charge is 0.461 e. The van der Waals surface area contributed by atoms with E-state index in [0.29, 0.717) is 0 Å². The van der Waals surface area contributed by atoms with Gasteiger partial charge >= 0.3 is 16.3 Å². The molecule has 106 valence electrons. The van der Waals surface area contributed by atoms with Gasteiger partial charge in [0.15, 0.2) is 0 Å². The van der Waals surface area contributed by atoms with Crippen molar-refractivity contribution >= 4 is 26.3 Å². The third kappa shape index (κ3) is 7.37. The summed E-state index contributed by atoms with van der Waals surface area (Å²) in [5, 5.41) is 0. The van der Waals surface area contributed by atoms with E-state index in [1.165, 1.54) is 18.0 Å². The molecule has 0 aromatic carbocycles. The van der Waals surface area contributed by atoms with Crippen molar-refractivity contribution in [1.82, 2.24) is 4.13 Å². The summed E-state index contributed by atoms with van der Waals surface area (Å²) >= 11 is 0. The molecule has 0 atom stereocenters. The van der Waals surface area contributed by atoms with Crippen LogP contribution in [0.25, 0.3) is 0 Å². The van der Waals surface area contributed by atoms with E-state index in [-0.39, 0.29) is 12.2 Å². The molecule has 18 heavy (non-hydrogen) atoms. The minimum absolute atomic E-state index is 0.113. The van der Waals surface area contributed by atoms with Crippen LogP contribution in [0.1, 0.15) is 13.8 Å². The van der Waals surface area contributed by atoms with Crippen LogP contribution in [0.3, 0.4) is 0 Å². The normalized spacial score (nSPS) is 12.1. The van der Waals surface area contributed by atoms with Crippen LogP contribution in [0.2, 0.25) is 0 Å². The van der Waals surface area contributed by atoms with Gasteiger partial charge in [0.25, 0.3) is 0 Å². The number of esters is 1. The third-order valence-electron chi connectivity index (χ3n) is 1.44. The molecule has 0 aromatic heterocycles. The Morgan fingerprint density at radius 3 is 2.28 bits per heavy atom. The molecule has 0 amide bonds. The van der Waals surface area contributed by atoms with Crippen molar-refractivity contribution in [2.75, 3.05) is 19.0 Å². The second kappa shape index (κ2) is 6.83. The lowest BCUT2D eigenvalue weighted by Crippen LogP contribution is -2.35. The number of sulfonamides is 1. The van der Waals surface area contributed by atoms with Gasteiger partial charge in [-0.2, -0.15) is 8.42 Å². The number of hydrogen-bond donors (Lipinski definition) is 1. The van der Waals surface area contributed by atoms with Crippen LogP contribution in [0.4, 0.5) is 0 Å². The van der Waals surface area contributed by atoms with E-state index in [1.807, 2.05) is 0 Å². The van der Waals surface area contributed by atoms with Gasteiger partial charge in [0, 0.05) is 5.57 Å². The van der Waals surface area contributed by atoms with Crippen LogP contribution >= 0.6 is 0 Å². The maximum atomic E-state index is 11.3. The Hall–Kier alpha value is -0.970. The van der Waals surface area contributed by atoms with Crippen molar-refractivity contribution < 1.29 is 30.6 Å². The zero-order chi connectivity index (χ0) is 14.4. The van der Waals surface area contributed by atoms with E-state index >= 15 is 0 Å². The molecule has 0 saturated carbocycles. The zero-order valence-electron chi connectivity index (χ0n) is 10.0. The summed E-state index contributed by atoms with van der Waals surface area (Å²) in [6.45, 7) is 5.40. The molecular weight excluding hydrogens is 286 g/mol. The summed E-state index contributed by atoms with van der Waals surface area (Å²) in [6, 6.07) is 0. The molecular formula is C8H15NO7S2. The zero-order valence-corrected chi connectivity index (χ0v) is 11.6. The number of hydrogen-bond acceptors (Lipinski definition) is 7. The Balaban J connectivity index is 4.34. The minimum atomic E-state index is -4.35. The van der Waals surface area contributed by atoms with Crippen molar-refractivity contribution in [2.24, 2.45) is 0 Å². The Kier molecular flexibility index (Phi) is 6.46. The average Bonchev–Trinajstić information content (AvgIpc) is 2.14. The van der Waals surface area contributed by atoms with Gasteiger partial charge < -0.3 is 4.74 Å². The Morgan fingerprint density at radius 2 is 1.83 bits per heavy atom. The first kappa shape index (κ1) is 17.0. The quantitative estimate of drug-likeness (QED) is 0.466. The molecule has 8 nitrogen and oxygen atoms in total. The highest BCUT2D eigenvalue weighted by Gasteiger charge is 2.21. The lowest BCUT2D eigenvalue weighted by atomic mass is 10.4. The standard InChI is InChI=1S/C8H15NO7S2/c1-4-16-18(13,14)9-17(11,12)6-5-15-8(10)7(2)3/h9H,2,4-6H2,1,3H3. The predicted molar refractivity (Wildman–Crippen MR) is 63.2 cm³/mol. The number of ether oxygens (including phenoxy) is 1. The van der Waals surface area contributed by atoms with Crippen LogP contribution in [-0.4, -0.2) is 41.8 Å². The molecule has 0 fully saturated rings. The van der Waals surface area contributed by atoms with E-state index in [9.17, 15) is 21.6 Å². The summed E-state index contributed by atoms with van der Waals surface area (Å²) in [5.74, 6) is -1.45. The van der Waals surface area contributed by atoms with E-state index in [0.717, 1.165) is 0 Å². The summed E-state index contributed by atoms with van der Waals surface area (Å²) < 4.78 is 54.7. The molecule has 0 heterocycles. The summed E-state index contributed by atoms with van der Waals surface area (Å²) in [6.07, 6.45) is 0. The molecule has 0 bridgehead atoms. The first-order chi connectivity index (χ1) is 8.09. The SMILES string of the molecule is C=C(C)C(=O)OCCS(=O)(=O)NS(=O)(=O)OCC. The Labute approximate surface area is 106 Å². The highest BCUT2D eigenvalue weighted by atomic mass is 32.3. The van der Waals surface area contributed by atoms with E-state index in [2.05, 4.69) is 15.5 Å². The second-order valence-corrected chi connectivity index (χ2v) is 6.63. The van der Waals surface area contributed by atoms with E-state index < -0.39 is 38.7 Å². The first-order valence-corrected chi connectivity index (χ1v) is 7.89. The molecule has 0 aromatic rings. The van der Waals surface area contributed by atoms with Crippen LogP contribution < -0.4 is 4.13 Å². The Bertz CT molecular complexity index is 506. The molecule has 0 aliphatic rings. The molecule has 1 N–H and O–H groups in total. The van der Waals surface area contributed by atoms with E-state index in [1.54, 1.807) is 0 Å². The van der Waals surface area contributed by atoms with Crippen molar-refractivity contribution in [2.45, 2.75) is 13.8 Å². The molecule has 0 rings (SSSR count). The van der Waals surface area contributed by atoms with Gasteiger partial charge in [-0.25, -0.2) is 13.2 Å². The third-order valence-corrected chi connectivity index (χ3v) is 4.52. The topological polar surface area (TPSA) is 116 Å². The molecule has 0 unspecified atom stereocenters. The average molecular weight is 301 g/mol. The van der Waals surface area contributed by atoms with Gasteiger partial charge in [-0.3, -0.25) is 4.18 Å². The fraction of sp³-hybridized carbons (Fsp3) is 0.625. The molecule has 0 aliphatic carbocycles. The van der Waals surface area contributed by atoms with Crippen LogP contribution in [0.15, 0.2) is 12.2 Å². The fourth-order valence-electron chi connectivity index (χ4n) is 0.744. The van der Waals surface area contributed by atoms with Crippen molar-refractivity contribution in [3.8, 4) is 0 Å². The first-order valence-electron chi connectivity index (χ1n) is 4.83. The predicted octanol–water partition coefficient (Wildman–Crippen LogP) is -0.694. The molecule has 0 aliphatic heterocycles. The van der Waals surface area contributed by atoms with E-state index in [4.69, 9.17) is 0 Å². The highest BCUT2D eigenvalue weighted by molar-refractivity contribution is 8.02. The smallest absolute Gasteiger partial charge is 0.349 e. The summed E-state index contributed by atoms with van der Waals surface area (Å²) in [5.41, 5.74) is 0.113. The highest BCUT2D eigenvalue weighted by Crippen LogP contribution is 1.96. The van der Waals surface area contributed by atoms with Crippen LogP contribution in [-0.2, 0) is 34.0 Å². The fourth-order valence-corrected chi connectivity index (χ4v) is 3.13. The summed E-state index contributed by atoms with van der Waals surface area (Å²) in [7, 11) is -8.51. The molecule has 0 saturated heterocycles. The molecule has 0 spiro atoms. The van der Waals surface area contributed by atoms with Gasteiger partial charge in [-0.05, 0) is 13.8 Å². The molecule has 0 radical (unpaired) electrons. The van der Waals surface area contributed by atoms with Gasteiger partial charge in [-0.1, -0.05) is 10.7 Å². The number of nitrogens with one attached hydrogen (secondary N) is 1. The van der Waals surface area contributed by atoms with Crippen LogP contribution in [0, 0.1) is 0 Å². The number of rotatable bonds is 8. The number of carbonyl (C=O) groups is 1. The summed E-state index contributed by atoms with van der Waals surface area (Å²) in [4.78, 5) is 10.9. The van der Waals surface area contributed by atoms with Gasteiger partial charge in [0.2, 0.25) is 10.0 Å². The molecule has 10 heteroatoms. The van der Waals surface area contributed by atoms with Gasteiger partial charge in [0.1, 0.15) is 6.61 Å². The van der Waals surface area contributed by atoms with Gasteiger partial charge in [0.05, 0.1) is 12.4 Å². The lowest BCUT2D eigenvalue weighted by molar-refractivity contribution is -0.138. The second-order valence-electron chi connectivity index (χ2n) is 3.18. The van der Waals surface area contributed by atoms with Crippen molar-refractivity contribution in [3.63, 3.8) is 0 Å². The maximum absolute atomic E-state index is 11.3. The van der Waals surface area contributed by atoms with Gasteiger partial charge in [-0.15, -0.1) is 0 Å². The van der Waals surface area contributed by atoms with Crippen LogP contribution in [0.5, 0.6) is 0 Å². The number of carbonyl (C=O) groups excluding carboxylic acids is 1.